The summed E-state index contributed by atoms with van der Waals surface area (Å²) in [6.07, 6.45) is 8.20. The van der Waals surface area contributed by atoms with Crippen molar-refractivity contribution in [3.63, 3.8) is 0 Å². The lowest BCUT2D eigenvalue weighted by Crippen LogP contribution is -2.49. The van der Waals surface area contributed by atoms with Crippen molar-refractivity contribution in [2.75, 3.05) is 13.2 Å². The van der Waals surface area contributed by atoms with Crippen LogP contribution in [0.1, 0.15) is 48.9 Å². The Kier molecular flexibility index (Phi) is 5.84. The molecular formula is C23H25F3N2O5S. The largest absolute Gasteiger partial charge is 0.534 e. The zero-order chi connectivity index (χ0) is 24.0. The average molecular weight is 499 g/mol. The first-order chi connectivity index (χ1) is 16.1. The summed E-state index contributed by atoms with van der Waals surface area (Å²) in [6.45, 7) is 1.12. The zero-order valence-electron chi connectivity index (χ0n) is 18.4. The molecule has 0 amide bonds. The van der Waals surface area contributed by atoms with Gasteiger partial charge in [0.15, 0.2) is 5.79 Å². The number of hydrogen-bond acceptors (Lipinski definition) is 7. The van der Waals surface area contributed by atoms with Crippen LogP contribution in [0.15, 0.2) is 36.7 Å². The maximum absolute atomic E-state index is 12.8. The quantitative estimate of drug-likeness (QED) is 0.464. The molecule has 0 radical (unpaired) electrons. The second-order valence-electron chi connectivity index (χ2n) is 9.22. The van der Waals surface area contributed by atoms with Gasteiger partial charge in [0, 0.05) is 42.4 Å². The van der Waals surface area contributed by atoms with Crippen LogP contribution in [0.2, 0.25) is 0 Å². The first-order valence-corrected chi connectivity index (χ1v) is 12.7. The van der Waals surface area contributed by atoms with Crippen LogP contribution in [0, 0.1) is 5.92 Å². The van der Waals surface area contributed by atoms with Crippen LogP contribution in [0.5, 0.6) is 5.88 Å². The monoisotopic (exact) mass is 498 g/mol. The molecule has 0 aromatic carbocycles. The molecule has 2 unspecified atom stereocenters. The average Bonchev–Trinajstić information content (AvgIpc) is 3.17. The van der Waals surface area contributed by atoms with Gasteiger partial charge in [-0.1, -0.05) is 6.07 Å². The number of rotatable bonds is 4. The minimum absolute atomic E-state index is 0.176. The molecule has 3 heterocycles. The second-order valence-corrected chi connectivity index (χ2v) is 10.8. The number of alkyl halides is 3. The topological polar surface area (TPSA) is 87.6 Å². The first kappa shape index (κ1) is 23.5. The van der Waals surface area contributed by atoms with Crippen molar-refractivity contribution in [3.8, 4) is 5.88 Å². The van der Waals surface area contributed by atoms with Crippen LogP contribution in [-0.2, 0) is 37.8 Å². The summed E-state index contributed by atoms with van der Waals surface area (Å²) in [5.41, 5.74) is -3.33. The highest BCUT2D eigenvalue weighted by molar-refractivity contribution is 7.87. The van der Waals surface area contributed by atoms with Gasteiger partial charge in [-0.25, -0.2) is 4.98 Å². The number of pyridine rings is 2. The van der Waals surface area contributed by atoms with Crippen LogP contribution < -0.4 is 4.18 Å². The zero-order valence-corrected chi connectivity index (χ0v) is 19.2. The second kappa shape index (κ2) is 8.46. The molecule has 34 heavy (non-hydrogen) atoms. The first-order valence-electron chi connectivity index (χ1n) is 11.3. The third-order valence-corrected chi connectivity index (χ3v) is 8.26. The Morgan fingerprint density at radius 2 is 1.94 bits per heavy atom. The Bertz CT molecular complexity index is 1150. The van der Waals surface area contributed by atoms with Gasteiger partial charge < -0.3 is 13.7 Å². The van der Waals surface area contributed by atoms with Crippen LogP contribution >= 0.6 is 0 Å². The highest BCUT2D eigenvalue weighted by Crippen LogP contribution is 2.55. The molecule has 2 atom stereocenters. The van der Waals surface area contributed by atoms with E-state index in [1.807, 2.05) is 18.2 Å². The van der Waals surface area contributed by atoms with Crippen molar-refractivity contribution in [2.24, 2.45) is 5.92 Å². The number of aryl methyl sites for hydroxylation is 1. The molecule has 5 rings (SSSR count). The van der Waals surface area contributed by atoms with Gasteiger partial charge in [-0.2, -0.15) is 21.6 Å². The van der Waals surface area contributed by atoms with Gasteiger partial charge in [-0.05, 0) is 61.3 Å². The minimum Gasteiger partial charge on any atom is -0.355 e. The summed E-state index contributed by atoms with van der Waals surface area (Å²) in [4.78, 5) is 8.55. The summed E-state index contributed by atoms with van der Waals surface area (Å²) < 4.78 is 77.8. The lowest BCUT2D eigenvalue weighted by molar-refractivity contribution is -0.199. The van der Waals surface area contributed by atoms with Crippen molar-refractivity contribution in [2.45, 2.75) is 61.7 Å². The van der Waals surface area contributed by atoms with E-state index in [0.29, 0.717) is 38.9 Å². The predicted molar refractivity (Wildman–Crippen MR) is 114 cm³/mol. The van der Waals surface area contributed by atoms with E-state index in [1.165, 1.54) is 12.3 Å². The van der Waals surface area contributed by atoms with Crippen LogP contribution in [0.3, 0.4) is 0 Å². The van der Waals surface area contributed by atoms with Crippen molar-refractivity contribution in [3.05, 3.63) is 53.5 Å². The summed E-state index contributed by atoms with van der Waals surface area (Å²) in [6, 6.07) is 7.08. The lowest BCUT2D eigenvalue weighted by atomic mass is 9.58. The molecule has 1 saturated heterocycles. The maximum Gasteiger partial charge on any atom is 0.534 e. The molecule has 2 fully saturated rings. The molecule has 0 bridgehead atoms. The molecule has 1 aliphatic heterocycles. The van der Waals surface area contributed by atoms with Gasteiger partial charge in [0.1, 0.15) is 0 Å². The van der Waals surface area contributed by atoms with Gasteiger partial charge >= 0.3 is 15.6 Å². The normalized spacial score (nSPS) is 26.5. The van der Waals surface area contributed by atoms with E-state index in [2.05, 4.69) is 14.2 Å². The Morgan fingerprint density at radius 1 is 1.15 bits per heavy atom. The van der Waals surface area contributed by atoms with E-state index in [9.17, 15) is 21.6 Å². The number of nitrogens with zero attached hydrogens (tertiary/aromatic N) is 2. The third kappa shape index (κ3) is 4.18. The lowest BCUT2D eigenvalue weighted by Gasteiger charge is -2.49. The summed E-state index contributed by atoms with van der Waals surface area (Å²) in [5.74, 6) is -0.993. The standard InChI is InChI=1S/C23H25F3N2O5S/c24-23(25,26)34(29,30)33-20-12-16-4-3-5-17-13-22(31-10-11-32-22)8-7-21(17,19(16)15-28-20)14-18-6-1-2-9-27-18/h1-2,6,9,12,15,17H,3-5,7-8,10-11,13-14H2. The van der Waals surface area contributed by atoms with Crippen LogP contribution in [0.4, 0.5) is 13.2 Å². The Labute approximate surface area is 195 Å². The molecular weight excluding hydrogens is 473 g/mol. The number of aromatic nitrogens is 2. The van der Waals surface area contributed by atoms with Gasteiger partial charge in [-0.3, -0.25) is 4.98 Å². The fraction of sp³-hybridized carbons (Fsp3) is 0.565. The van der Waals surface area contributed by atoms with Gasteiger partial charge in [0.05, 0.1) is 13.2 Å². The number of fused-ring (bicyclic) bond motifs is 3. The molecule has 1 saturated carbocycles. The van der Waals surface area contributed by atoms with Crippen LogP contribution in [0.25, 0.3) is 0 Å². The van der Waals surface area contributed by atoms with Gasteiger partial charge in [0.2, 0.25) is 5.88 Å². The van der Waals surface area contributed by atoms with Crippen molar-refractivity contribution in [1.82, 2.24) is 9.97 Å². The Hall–Kier alpha value is -2.24. The van der Waals surface area contributed by atoms with E-state index in [4.69, 9.17) is 9.47 Å². The van der Waals surface area contributed by atoms with Crippen molar-refractivity contribution >= 4 is 10.1 Å². The molecule has 11 heteroatoms. The predicted octanol–water partition coefficient (Wildman–Crippen LogP) is 4.07. The molecule has 1 spiro atoms. The summed E-state index contributed by atoms with van der Waals surface area (Å²) in [7, 11) is -5.79. The third-order valence-electron chi connectivity index (χ3n) is 7.31. The van der Waals surface area contributed by atoms with E-state index in [-0.39, 0.29) is 11.3 Å². The Morgan fingerprint density at radius 3 is 2.65 bits per heavy atom. The molecule has 3 aliphatic rings. The molecule has 2 aliphatic carbocycles. The molecule has 2 aromatic rings. The highest BCUT2D eigenvalue weighted by Gasteiger charge is 2.54. The molecule has 0 N–H and O–H groups in total. The molecule has 7 nitrogen and oxygen atoms in total. The minimum atomic E-state index is -5.79. The highest BCUT2D eigenvalue weighted by atomic mass is 32.2. The smallest absolute Gasteiger partial charge is 0.355 e. The van der Waals surface area contributed by atoms with Crippen molar-refractivity contribution < 1.29 is 35.2 Å². The van der Waals surface area contributed by atoms with Crippen LogP contribution in [-0.4, -0.2) is 42.9 Å². The van der Waals surface area contributed by atoms with E-state index in [1.54, 1.807) is 6.20 Å². The SMILES string of the molecule is O=S(=O)(Oc1cc2c(cn1)C1(Cc3ccccn3)CCC3(CC1CCC2)OCCO3)C(F)(F)F. The van der Waals surface area contributed by atoms with E-state index >= 15 is 0 Å². The Balaban J connectivity index is 1.55. The fourth-order valence-corrected chi connectivity index (χ4v) is 6.22. The number of ether oxygens (including phenoxy) is 2. The van der Waals surface area contributed by atoms with Gasteiger partial charge in [0.25, 0.3) is 0 Å². The molecule has 184 valence electrons. The van der Waals surface area contributed by atoms with Gasteiger partial charge in [-0.15, -0.1) is 0 Å². The van der Waals surface area contributed by atoms with E-state index < -0.39 is 27.3 Å². The summed E-state index contributed by atoms with van der Waals surface area (Å²) in [5, 5.41) is 0. The maximum atomic E-state index is 12.8. The number of halogens is 3. The number of hydrogen-bond donors (Lipinski definition) is 0. The fourth-order valence-electron chi connectivity index (χ4n) is 5.81. The van der Waals surface area contributed by atoms with Crippen molar-refractivity contribution in [1.29, 1.82) is 0 Å². The summed E-state index contributed by atoms with van der Waals surface area (Å²) >= 11 is 0. The van der Waals surface area contributed by atoms with E-state index in [0.717, 1.165) is 36.1 Å². The molecule has 2 aromatic heterocycles.